The van der Waals surface area contributed by atoms with Gasteiger partial charge in [0.15, 0.2) is 0 Å². The van der Waals surface area contributed by atoms with Crippen molar-refractivity contribution in [3.8, 4) is 5.75 Å². The van der Waals surface area contributed by atoms with Crippen molar-refractivity contribution in [2.24, 2.45) is 0 Å². The lowest BCUT2D eigenvalue weighted by Gasteiger charge is -2.32. The first-order valence-corrected chi connectivity index (χ1v) is 12.8. The lowest BCUT2D eigenvalue weighted by Crippen LogP contribution is -2.52. The molecule has 0 aliphatic rings. The van der Waals surface area contributed by atoms with Gasteiger partial charge in [-0.1, -0.05) is 31.2 Å². The molecule has 2 aromatic carbocycles. The number of hydrogen-bond donors (Lipinski definition) is 1. The number of benzene rings is 2. The van der Waals surface area contributed by atoms with Gasteiger partial charge in [-0.3, -0.25) is 13.9 Å². The second-order valence-corrected chi connectivity index (χ2v) is 9.98. The van der Waals surface area contributed by atoms with Crippen LogP contribution in [0.3, 0.4) is 0 Å². The number of methoxy groups -OCH3 is 1. The van der Waals surface area contributed by atoms with Gasteiger partial charge in [0.2, 0.25) is 21.8 Å². The first-order chi connectivity index (χ1) is 16.0. The van der Waals surface area contributed by atoms with Gasteiger partial charge < -0.3 is 15.0 Å². The number of hydrogen-bond acceptors (Lipinski definition) is 5. The van der Waals surface area contributed by atoms with Crippen LogP contribution < -0.4 is 14.4 Å². The SMILES string of the molecule is CC[C@H](C)NC(=O)[C@H](C)N(Cc1ccccc1F)C(=O)CN(c1cccc(OC)c1)S(C)(=O)=O. The zero-order valence-electron chi connectivity index (χ0n) is 20.1. The van der Waals surface area contributed by atoms with Gasteiger partial charge in [0.05, 0.1) is 19.1 Å². The van der Waals surface area contributed by atoms with Crippen LogP contribution in [-0.4, -0.2) is 57.1 Å². The van der Waals surface area contributed by atoms with Gasteiger partial charge in [-0.25, -0.2) is 12.8 Å². The van der Waals surface area contributed by atoms with Crippen LogP contribution in [-0.2, 0) is 26.2 Å². The first-order valence-electron chi connectivity index (χ1n) is 10.9. The van der Waals surface area contributed by atoms with Gasteiger partial charge in [0.1, 0.15) is 24.2 Å². The molecule has 0 saturated carbocycles. The smallest absolute Gasteiger partial charge is 0.244 e. The van der Waals surface area contributed by atoms with Crippen molar-refractivity contribution in [3.63, 3.8) is 0 Å². The lowest BCUT2D eigenvalue weighted by molar-refractivity contribution is -0.139. The number of nitrogens with one attached hydrogen (secondary N) is 1. The van der Waals surface area contributed by atoms with E-state index in [9.17, 15) is 22.4 Å². The quantitative estimate of drug-likeness (QED) is 0.519. The third kappa shape index (κ3) is 7.18. The van der Waals surface area contributed by atoms with Crippen LogP contribution in [0.4, 0.5) is 10.1 Å². The van der Waals surface area contributed by atoms with Gasteiger partial charge in [-0.05, 0) is 38.5 Å². The van der Waals surface area contributed by atoms with E-state index in [1.54, 1.807) is 18.2 Å². The van der Waals surface area contributed by atoms with Crippen LogP contribution in [0.15, 0.2) is 48.5 Å². The van der Waals surface area contributed by atoms with E-state index in [0.29, 0.717) is 12.2 Å². The van der Waals surface area contributed by atoms with Crippen molar-refractivity contribution >= 4 is 27.5 Å². The molecule has 2 amide bonds. The number of carbonyl (C=O) groups excluding carboxylic acids is 2. The Balaban J connectivity index is 2.41. The fourth-order valence-corrected chi connectivity index (χ4v) is 4.08. The maximum absolute atomic E-state index is 14.4. The van der Waals surface area contributed by atoms with Crippen LogP contribution >= 0.6 is 0 Å². The van der Waals surface area contributed by atoms with E-state index in [4.69, 9.17) is 4.74 Å². The predicted molar refractivity (Wildman–Crippen MR) is 129 cm³/mol. The number of nitrogens with zero attached hydrogens (tertiary/aromatic N) is 2. The second-order valence-electron chi connectivity index (χ2n) is 8.08. The molecule has 0 radical (unpaired) electrons. The Morgan fingerprint density at radius 2 is 1.79 bits per heavy atom. The molecule has 0 aromatic heterocycles. The molecule has 2 atom stereocenters. The number of amides is 2. The van der Waals surface area contributed by atoms with Gasteiger partial charge >= 0.3 is 0 Å². The van der Waals surface area contributed by atoms with Crippen LogP contribution in [0.1, 0.15) is 32.8 Å². The summed E-state index contributed by atoms with van der Waals surface area (Å²) in [6.07, 6.45) is 1.68. The fraction of sp³-hybridized carbons (Fsp3) is 0.417. The van der Waals surface area contributed by atoms with E-state index in [-0.39, 0.29) is 23.8 Å². The van der Waals surface area contributed by atoms with E-state index in [0.717, 1.165) is 10.6 Å². The standard InChI is InChI=1S/C24H32FN3O5S/c1-6-17(2)26-24(30)18(3)27(15-19-10-7-8-13-22(19)25)23(29)16-28(34(5,31)32)20-11-9-12-21(14-20)33-4/h7-14,17-18H,6,15-16H2,1-5H3,(H,26,30)/t17-,18-/m0/s1. The Labute approximate surface area is 200 Å². The zero-order valence-corrected chi connectivity index (χ0v) is 20.9. The van der Waals surface area contributed by atoms with E-state index in [1.807, 2.05) is 13.8 Å². The summed E-state index contributed by atoms with van der Waals surface area (Å²) in [7, 11) is -2.42. The maximum atomic E-state index is 14.4. The molecule has 34 heavy (non-hydrogen) atoms. The summed E-state index contributed by atoms with van der Waals surface area (Å²) in [5, 5.41) is 2.82. The van der Waals surface area contributed by atoms with E-state index < -0.39 is 40.2 Å². The average molecular weight is 494 g/mol. The maximum Gasteiger partial charge on any atom is 0.244 e. The second kappa shape index (κ2) is 11.8. The van der Waals surface area contributed by atoms with E-state index in [2.05, 4.69) is 5.32 Å². The fourth-order valence-electron chi connectivity index (χ4n) is 3.24. The molecular formula is C24H32FN3O5S. The normalized spacial score (nSPS) is 13.0. The molecule has 1 N–H and O–H groups in total. The van der Waals surface area contributed by atoms with Gasteiger partial charge in [0, 0.05) is 24.2 Å². The summed E-state index contributed by atoms with van der Waals surface area (Å²) in [5.41, 5.74) is 0.448. The van der Waals surface area contributed by atoms with E-state index in [1.165, 1.54) is 49.3 Å². The molecule has 0 spiro atoms. The molecular weight excluding hydrogens is 461 g/mol. The highest BCUT2D eigenvalue weighted by molar-refractivity contribution is 7.92. The van der Waals surface area contributed by atoms with Crippen LogP contribution in [0.5, 0.6) is 5.75 Å². The minimum atomic E-state index is -3.87. The van der Waals surface area contributed by atoms with Gasteiger partial charge in [0.25, 0.3) is 0 Å². The third-order valence-corrected chi connectivity index (χ3v) is 6.63. The van der Waals surface area contributed by atoms with Gasteiger partial charge in [-0.15, -0.1) is 0 Å². The molecule has 0 aliphatic heterocycles. The highest BCUT2D eigenvalue weighted by atomic mass is 32.2. The summed E-state index contributed by atoms with van der Waals surface area (Å²) in [5.74, 6) is -1.17. The van der Waals surface area contributed by atoms with Gasteiger partial charge in [-0.2, -0.15) is 0 Å². The minimum absolute atomic E-state index is 0.121. The zero-order chi connectivity index (χ0) is 25.5. The number of rotatable bonds is 11. The summed E-state index contributed by atoms with van der Waals surface area (Å²) in [6, 6.07) is 11.1. The Morgan fingerprint density at radius 1 is 1.12 bits per heavy atom. The van der Waals surface area contributed by atoms with Crippen molar-refractivity contribution in [1.29, 1.82) is 0 Å². The Kier molecular flexibility index (Phi) is 9.43. The summed E-state index contributed by atoms with van der Waals surface area (Å²) < 4.78 is 45.6. The molecule has 2 rings (SSSR count). The van der Waals surface area contributed by atoms with E-state index >= 15 is 0 Å². The van der Waals surface area contributed by atoms with Crippen molar-refractivity contribution < 1.29 is 27.1 Å². The topological polar surface area (TPSA) is 96.0 Å². The molecule has 0 saturated heterocycles. The summed E-state index contributed by atoms with van der Waals surface area (Å²) in [4.78, 5) is 27.4. The molecule has 0 heterocycles. The van der Waals surface area contributed by atoms with Crippen molar-refractivity contribution in [1.82, 2.24) is 10.2 Å². The number of carbonyl (C=O) groups is 2. The van der Waals surface area contributed by atoms with Crippen molar-refractivity contribution in [2.45, 2.75) is 45.8 Å². The molecule has 0 fully saturated rings. The number of anilines is 1. The van der Waals surface area contributed by atoms with Crippen molar-refractivity contribution in [2.75, 3.05) is 24.2 Å². The molecule has 8 nitrogen and oxygen atoms in total. The Hall–Kier alpha value is -3.14. The predicted octanol–water partition coefficient (Wildman–Crippen LogP) is 2.93. The Bertz CT molecular complexity index is 1110. The molecule has 2 aromatic rings. The molecule has 0 bridgehead atoms. The number of ether oxygens (including phenoxy) is 1. The molecule has 0 unspecified atom stereocenters. The third-order valence-electron chi connectivity index (χ3n) is 5.49. The van der Waals surface area contributed by atoms with Crippen LogP contribution in [0.2, 0.25) is 0 Å². The number of halogens is 1. The highest BCUT2D eigenvalue weighted by Gasteiger charge is 2.31. The first kappa shape index (κ1) is 27.1. The average Bonchev–Trinajstić information content (AvgIpc) is 2.80. The summed E-state index contributed by atoms with van der Waals surface area (Å²) >= 11 is 0. The minimum Gasteiger partial charge on any atom is -0.497 e. The number of sulfonamides is 1. The van der Waals surface area contributed by atoms with Crippen LogP contribution in [0.25, 0.3) is 0 Å². The summed E-state index contributed by atoms with van der Waals surface area (Å²) in [6.45, 7) is 4.52. The monoisotopic (exact) mass is 493 g/mol. The van der Waals surface area contributed by atoms with Crippen LogP contribution in [0, 0.1) is 5.82 Å². The van der Waals surface area contributed by atoms with Crippen molar-refractivity contribution in [3.05, 3.63) is 59.9 Å². The Morgan fingerprint density at radius 3 is 2.38 bits per heavy atom. The molecule has 186 valence electrons. The molecule has 10 heteroatoms. The molecule has 0 aliphatic carbocycles. The highest BCUT2D eigenvalue weighted by Crippen LogP contribution is 2.24. The largest absolute Gasteiger partial charge is 0.497 e. The lowest BCUT2D eigenvalue weighted by atomic mass is 10.1.